The molecule has 162 valence electrons. The molecule has 0 aromatic heterocycles. The Morgan fingerprint density at radius 3 is 2.26 bits per heavy atom. The van der Waals surface area contributed by atoms with Crippen LogP contribution < -0.4 is 5.32 Å². The van der Waals surface area contributed by atoms with E-state index in [-0.39, 0.29) is 4.08 Å². The summed E-state index contributed by atoms with van der Waals surface area (Å²) in [5.41, 5.74) is 3.52. The standard InChI is InChI=1S/C27H31NOS2/c1-2-3-13-23(20-10-8-16-28-19-20)27(30-17-9-18-31-27)26(29)24-14-6-4-11-21(24)22-12-5-7-15-25(22)26/h4-7,11-12,14-15,20,23,28-29H,8-10,13,16-19H2,1H3. The molecule has 0 bridgehead atoms. The molecule has 5 rings (SSSR count). The number of rotatable bonds is 4. The smallest absolute Gasteiger partial charge is 0.140 e. The number of hydrogen-bond acceptors (Lipinski definition) is 4. The van der Waals surface area contributed by atoms with Crippen LogP contribution in [0.3, 0.4) is 0 Å². The largest absolute Gasteiger partial charge is 0.378 e. The summed E-state index contributed by atoms with van der Waals surface area (Å²) < 4.78 is -0.346. The zero-order chi connectivity index (χ0) is 21.3. The van der Waals surface area contributed by atoms with Crippen molar-refractivity contribution in [1.29, 1.82) is 0 Å². The van der Waals surface area contributed by atoms with E-state index in [2.05, 4.69) is 65.7 Å². The van der Waals surface area contributed by atoms with E-state index < -0.39 is 5.60 Å². The number of hydrogen-bond donors (Lipinski definition) is 2. The third kappa shape index (κ3) is 3.37. The molecule has 2 fully saturated rings. The normalized spacial score (nSPS) is 24.4. The molecular weight excluding hydrogens is 418 g/mol. The Labute approximate surface area is 195 Å². The highest BCUT2D eigenvalue weighted by Crippen LogP contribution is 2.66. The Balaban J connectivity index is 1.73. The molecule has 2 unspecified atom stereocenters. The first-order valence-electron chi connectivity index (χ1n) is 11.5. The van der Waals surface area contributed by atoms with Crippen LogP contribution in [0.15, 0.2) is 48.5 Å². The van der Waals surface area contributed by atoms with Gasteiger partial charge in [0.05, 0.1) is 0 Å². The second-order valence-corrected chi connectivity index (χ2v) is 11.8. The third-order valence-corrected chi connectivity index (χ3v) is 11.0. The van der Waals surface area contributed by atoms with Crippen LogP contribution in [0.25, 0.3) is 11.1 Å². The van der Waals surface area contributed by atoms with Crippen LogP contribution in [-0.4, -0.2) is 33.8 Å². The van der Waals surface area contributed by atoms with Crippen molar-refractivity contribution in [3.63, 3.8) is 0 Å². The van der Waals surface area contributed by atoms with Crippen molar-refractivity contribution in [2.75, 3.05) is 24.6 Å². The summed E-state index contributed by atoms with van der Waals surface area (Å²) >= 11 is 4.01. The molecule has 0 spiro atoms. The minimum Gasteiger partial charge on any atom is -0.378 e. The number of thioether (sulfide) groups is 2. The summed E-state index contributed by atoms with van der Waals surface area (Å²) in [5.74, 6) is 9.63. The fourth-order valence-corrected chi connectivity index (χ4v) is 9.91. The molecule has 2 heterocycles. The predicted molar refractivity (Wildman–Crippen MR) is 134 cm³/mol. The third-order valence-electron chi connectivity index (χ3n) is 7.24. The summed E-state index contributed by atoms with van der Waals surface area (Å²) in [5, 5.41) is 16.6. The van der Waals surface area contributed by atoms with Crippen LogP contribution in [0, 0.1) is 23.7 Å². The Hall–Kier alpha value is -1.38. The van der Waals surface area contributed by atoms with Gasteiger partial charge in [0.25, 0.3) is 0 Å². The van der Waals surface area contributed by atoms with Crippen molar-refractivity contribution < 1.29 is 5.11 Å². The number of nitrogens with one attached hydrogen (secondary N) is 1. The van der Waals surface area contributed by atoms with Crippen LogP contribution in [0.1, 0.15) is 43.7 Å². The molecule has 0 saturated carbocycles. The van der Waals surface area contributed by atoms with Gasteiger partial charge in [-0.2, -0.15) is 0 Å². The van der Waals surface area contributed by atoms with Crippen LogP contribution in [0.4, 0.5) is 0 Å². The number of piperidine rings is 1. The molecule has 2 atom stereocenters. The fourth-order valence-electron chi connectivity index (χ4n) is 5.87. The summed E-state index contributed by atoms with van der Waals surface area (Å²) in [7, 11) is 0. The summed E-state index contributed by atoms with van der Waals surface area (Å²) in [4.78, 5) is 0. The molecule has 0 radical (unpaired) electrons. The molecule has 31 heavy (non-hydrogen) atoms. The lowest BCUT2D eigenvalue weighted by Crippen LogP contribution is -2.56. The average Bonchev–Trinajstić information content (AvgIpc) is 3.11. The lowest BCUT2D eigenvalue weighted by atomic mass is 9.73. The zero-order valence-corrected chi connectivity index (χ0v) is 19.8. The van der Waals surface area contributed by atoms with Crippen LogP contribution in [0.2, 0.25) is 0 Å². The molecule has 2 saturated heterocycles. The van der Waals surface area contributed by atoms with Crippen LogP contribution in [0.5, 0.6) is 0 Å². The summed E-state index contributed by atoms with van der Waals surface area (Å²) in [6.45, 7) is 4.07. The first kappa shape index (κ1) is 21.5. The molecule has 2 N–H and O–H groups in total. The van der Waals surface area contributed by atoms with E-state index >= 15 is 0 Å². The maximum absolute atomic E-state index is 13.0. The number of fused-ring (bicyclic) bond motifs is 3. The highest BCUT2D eigenvalue weighted by Gasteiger charge is 2.62. The van der Waals surface area contributed by atoms with Gasteiger partial charge in [0.2, 0.25) is 0 Å². The molecule has 3 aliphatic rings. The van der Waals surface area contributed by atoms with E-state index in [0.29, 0.717) is 11.8 Å². The number of aliphatic hydroxyl groups is 1. The minimum atomic E-state index is -1.02. The molecule has 4 heteroatoms. The van der Waals surface area contributed by atoms with Gasteiger partial charge in [-0.15, -0.1) is 35.4 Å². The lowest BCUT2D eigenvalue weighted by Gasteiger charge is -2.54. The first-order valence-corrected chi connectivity index (χ1v) is 13.5. The van der Waals surface area contributed by atoms with Crippen molar-refractivity contribution in [3.8, 4) is 23.0 Å². The van der Waals surface area contributed by atoms with Crippen molar-refractivity contribution >= 4 is 23.5 Å². The first-order chi connectivity index (χ1) is 15.2. The van der Waals surface area contributed by atoms with Crippen molar-refractivity contribution in [3.05, 3.63) is 59.7 Å². The molecule has 2 nitrogen and oxygen atoms in total. The van der Waals surface area contributed by atoms with Gasteiger partial charge < -0.3 is 10.4 Å². The Morgan fingerprint density at radius 2 is 1.68 bits per heavy atom. The van der Waals surface area contributed by atoms with Gasteiger partial charge >= 0.3 is 0 Å². The van der Waals surface area contributed by atoms with Gasteiger partial charge in [0.1, 0.15) is 9.68 Å². The Morgan fingerprint density at radius 1 is 1.03 bits per heavy atom. The van der Waals surface area contributed by atoms with Gasteiger partial charge in [0.15, 0.2) is 0 Å². The van der Waals surface area contributed by atoms with Crippen molar-refractivity contribution in [1.82, 2.24) is 5.32 Å². The van der Waals surface area contributed by atoms with E-state index in [1.165, 1.54) is 30.4 Å². The van der Waals surface area contributed by atoms with Gasteiger partial charge in [-0.05, 0) is 79.0 Å². The van der Waals surface area contributed by atoms with E-state index in [1.807, 2.05) is 30.4 Å². The Bertz CT molecular complexity index is 950. The monoisotopic (exact) mass is 449 g/mol. The highest BCUT2D eigenvalue weighted by atomic mass is 32.2. The van der Waals surface area contributed by atoms with Crippen LogP contribution in [-0.2, 0) is 5.60 Å². The maximum Gasteiger partial charge on any atom is 0.140 e. The molecule has 2 aliphatic heterocycles. The van der Waals surface area contributed by atoms with E-state index in [4.69, 9.17) is 0 Å². The molecular formula is C27H31NOS2. The molecule has 1 aliphatic carbocycles. The molecule has 2 aromatic carbocycles. The zero-order valence-electron chi connectivity index (χ0n) is 18.2. The highest BCUT2D eigenvalue weighted by molar-refractivity contribution is 8.18. The van der Waals surface area contributed by atoms with Gasteiger partial charge in [-0.3, -0.25) is 0 Å². The molecule has 2 aromatic rings. The van der Waals surface area contributed by atoms with Crippen molar-refractivity contribution in [2.24, 2.45) is 11.8 Å². The van der Waals surface area contributed by atoms with Gasteiger partial charge in [-0.1, -0.05) is 48.5 Å². The summed E-state index contributed by atoms with van der Waals surface area (Å²) in [6.07, 6.45) is 4.46. The average molecular weight is 450 g/mol. The minimum absolute atomic E-state index is 0.312. The lowest BCUT2D eigenvalue weighted by molar-refractivity contribution is 0.0365. The molecule has 0 amide bonds. The van der Waals surface area contributed by atoms with E-state index in [9.17, 15) is 5.11 Å². The predicted octanol–water partition coefficient (Wildman–Crippen LogP) is 5.50. The quantitative estimate of drug-likeness (QED) is 0.604. The topological polar surface area (TPSA) is 32.3 Å². The number of benzene rings is 2. The fraction of sp³-hybridized carbons (Fsp3) is 0.481. The SMILES string of the molecule is CC#CCC(C1CCCNC1)C1(C2(O)c3ccccc3-c3ccccc32)SCCCS1. The Kier molecular flexibility index (Phi) is 6.14. The van der Waals surface area contributed by atoms with Gasteiger partial charge in [-0.25, -0.2) is 0 Å². The van der Waals surface area contributed by atoms with Gasteiger partial charge in [0, 0.05) is 12.3 Å². The van der Waals surface area contributed by atoms with E-state index in [1.54, 1.807) is 0 Å². The van der Waals surface area contributed by atoms with Crippen molar-refractivity contribution in [2.45, 2.75) is 42.3 Å². The summed E-state index contributed by atoms with van der Waals surface area (Å²) in [6, 6.07) is 17.1. The second-order valence-electron chi connectivity index (χ2n) is 8.86. The maximum atomic E-state index is 13.0. The second kappa shape index (κ2) is 8.87. The van der Waals surface area contributed by atoms with Crippen LogP contribution >= 0.6 is 23.5 Å². The van der Waals surface area contributed by atoms with E-state index in [0.717, 1.165) is 42.1 Å².